The fraction of sp³-hybridized carbons (Fsp3) is 0.462. The van der Waals surface area contributed by atoms with Gasteiger partial charge in [-0.2, -0.15) is 0 Å². The number of amides is 1. The average Bonchev–Trinajstić information content (AvgIpc) is 2.15. The molecule has 0 saturated heterocycles. The van der Waals surface area contributed by atoms with E-state index in [2.05, 4.69) is 20.8 Å². The molecule has 0 radical (unpaired) electrons. The van der Waals surface area contributed by atoms with Crippen LogP contribution < -0.4 is 5.73 Å². The van der Waals surface area contributed by atoms with Gasteiger partial charge in [-0.1, -0.05) is 32.9 Å². The van der Waals surface area contributed by atoms with Crippen LogP contribution >= 0.6 is 0 Å². The average molecular weight is 220 g/mol. The number of rotatable bonds is 2. The maximum Gasteiger partial charge on any atom is 0.255 e. The molecule has 0 aliphatic heterocycles. The topological polar surface area (TPSA) is 46.3 Å². The molecule has 1 amide bonds. The molecular weight excluding hydrogens is 200 g/mol. The number of carbonyl (C=O) groups excluding carboxylic acids is 1. The van der Waals surface area contributed by atoms with Gasteiger partial charge in [-0.25, -0.2) is 0 Å². The van der Waals surface area contributed by atoms with Gasteiger partial charge < -0.3 is 10.6 Å². The SMILES string of the molecule is CN(CC(C)(C)C)C(=O)c1ccccc1N. The van der Waals surface area contributed by atoms with Gasteiger partial charge in [0.1, 0.15) is 0 Å². The Labute approximate surface area is 97.2 Å². The fourth-order valence-electron chi connectivity index (χ4n) is 1.68. The van der Waals surface area contributed by atoms with Gasteiger partial charge in [-0.15, -0.1) is 0 Å². The zero-order valence-corrected chi connectivity index (χ0v) is 10.4. The number of nitrogen functional groups attached to an aromatic ring is 1. The van der Waals surface area contributed by atoms with E-state index in [0.29, 0.717) is 17.8 Å². The van der Waals surface area contributed by atoms with Crippen molar-refractivity contribution in [2.45, 2.75) is 20.8 Å². The van der Waals surface area contributed by atoms with Crippen molar-refractivity contribution in [1.29, 1.82) is 0 Å². The predicted octanol–water partition coefficient (Wildman–Crippen LogP) is 2.39. The van der Waals surface area contributed by atoms with Crippen molar-refractivity contribution < 1.29 is 4.79 Å². The first-order chi connectivity index (χ1) is 7.31. The van der Waals surface area contributed by atoms with Gasteiger partial charge in [0.2, 0.25) is 0 Å². The number of benzene rings is 1. The van der Waals surface area contributed by atoms with Gasteiger partial charge in [0.25, 0.3) is 5.91 Å². The molecule has 0 spiro atoms. The Morgan fingerprint density at radius 1 is 1.31 bits per heavy atom. The minimum atomic E-state index is -0.0203. The van der Waals surface area contributed by atoms with Gasteiger partial charge >= 0.3 is 0 Å². The molecule has 0 heterocycles. The molecule has 1 aromatic rings. The molecule has 0 unspecified atom stereocenters. The quantitative estimate of drug-likeness (QED) is 0.778. The molecular formula is C13H20N2O. The molecule has 0 saturated carbocycles. The van der Waals surface area contributed by atoms with Crippen LogP contribution in [0.15, 0.2) is 24.3 Å². The normalized spacial score (nSPS) is 11.2. The van der Waals surface area contributed by atoms with Gasteiger partial charge in [0.15, 0.2) is 0 Å². The Balaban J connectivity index is 2.83. The number of nitrogens with two attached hydrogens (primary N) is 1. The fourth-order valence-corrected chi connectivity index (χ4v) is 1.68. The number of anilines is 1. The largest absolute Gasteiger partial charge is 0.398 e. The summed E-state index contributed by atoms with van der Waals surface area (Å²) in [6, 6.07) is 7.17. The van der Waals surface area contributed by atoms with E-state index in [4.69, 9.17) is 5.73 Å². The van der Waals surface area contributed by atoms with Crippen LogP contribution in [0.5, 0.6) is 0 Å². The van der Waals surface area contributed by atoms with Crippen molar-refractivity contribution in [3.05, 3.63) is 29.8 Å². The summed E-state index contributed by atoms with van der Waals surface area (Å²) < 4.78 is 0. The maximum absolute atomic E-state index is 12.1. The molecule has 3 heteroatoms. The van der Waals surface area contributed by atoms with E-state index < -0.39 is 0 Å². The highest BCUT2D eigenvalue weighted by atomic mass is 16.2. The van der Waals surface area contributed by atoms with Crippen LogP contribution in [-0.4, -0.2) is 24.4 Å². The molecule has 16 heavy (non-hydrogen) atoms. The lowest BCUT2D eigenvalue weighted by molar-refractivity contribution is 0.0746. The van der Waals surface area contributed by atoms with E-state index in [1.807, 2.05) is 12.1 Å². The molecule has 0 atom stereocenters. The Morgan fingerprint density at radius 2 is 1.88 bits per heavy atom. The minimum Gasteiger partial charge on any atom is -0.398 e. The molecule has 0 bridgehead atoms. The van der Waals surface area contributed by atoms with Crippen LogP contribution in [0.4, 0.5) is 5.69 Å². The highest BCUT2D eigenvalue weighted by molar-refractivity contribution is 5.98. The van der Waals surface area contributed by atoms with Crippen molar-refractivity contribution in [2.75, 3.05) is 19.3 Å². The van der Waals surface area contributed by atoms with Gasteiger partial charge in [0.05, 0.1) is 5.56 Å². The van der Waals surface area contributed by atoms with Crippen LogP contribution in [0.2, 0.25) is 0 Å². The Morgan fingerprint density at radius 3 is 2.38 bits per heavy atom. The van der Waals surface area contributed by atoms with Crippen LogP contribution in [0.3, 0.4) is 0 Å². The maximum atomic E-state index is 12.1. The van der Waals surface area contributed by atoms with Crippen LogP contribution in [0, 0.1) is 5.41 Å². The van der Waals surface area contributed by atoms with Crippen molar-refractivity contribution >= 4 is 11.6 Å². The zero-order chi connectivity index (χ0) is 12.3. The molecule has 1 aromatic carbocycles. The summed E-state index contributed by atoms with van der Waals surface area (Å²) in [7, 11) is 1.81. The molecule has 0 aliphatic rings. The summed E-state index contributed by atoms with van der Waals surface area (Å²) in [4.78, 5) is 13.8. The molecule has 0 aromatic heterocycles. The highest BCUT2D eigenvalue weighted by Crippen LogP contribution is 2.18. The van der Waals surface area contributed by atoms with Crippen LogP contribution in [0.25, 0.3) is 0 Å². The Bertz CT molecular complexity index is 380. The van der Waals surface area contributed by atoms with Gasteiger partial charge in [0, 0.05) is 19.3 Å². The van der Waals surface area contributed by atoms with Crippen molar-refractivity contribution in [1.82, 2.24) is 4.90 Å². The lowest BCUT2D eigenvalue weighted by Gasteiger charge is -2.27. The van der Waals surface area contributed by atoms with Crippen LogP contribution in [-0.2, 0) is 0 Å². The lowest BCUT2D eigenvalue weighted by Crippen LogP contribution is -2.34. The smallest absolute Gasteiger partial charge is 0.255 e. The van der Waals surface area contributed by atoms with E-state index in [1.54, 1.807) is 24.1 Å². The molecule has 2 N–H and O–H groups in total. The lowest BCUT2D eigenvalue weighted by atomic mass is 9.96. The van der Waals surface area contributed by atoms with Crippen molar-refractivity contribution in [2.24, 2.45) is 5.41 Å². The van der Waals surface area contributed by atoms with E-state index in [9.17, 15) is 4.79 Å². The number of hydrogen-bond donors (Lipinski definition) is 1. The molecule has 88 valence electrons. The Kier molecular flexibility index (Phi) is 3.58. The monoisotopic (exact) mass is 220 g/mol. The number of carbonyl (C=O) groups is 1. The molecule has 1 rings (SSSR count). The van der Waals surface area contributed by atoms with E-state index in [0.717, 1.165) is 0 Å². The number of nitrogens with zero attached hydrogens (tertiary/aromatic N) is 1. The standard InChI is InChI=1S/C13H20N2O/c1-13(2,3)9-15(4)12(16)10-7-5-6-8-11(10)14/h5-8H,9,14H2,1-4H3. The summed E-state index contributed by atoms with van der Waals surface area (Å²) >= 11 is 0. The van der Waals surface area contributed by atoms with Gasteiger partial charge in [-0.3, -0.25) is 4.79 Å². The van der Waals surface area contributed by atoms with E-state index >= 15 is 0 Å². The van der Waals surface area contributed by atoms with Crippen molar-refractivity contribution in [3.8, 4) is 0 Å². The summed E-state index contributed by atoms with van der Waals surface area (Å²) in [5, 5.41) is 0. The first-order valence-electron chi connectivity index (χ1n) is 5.41. The number of para-hydroxylation sites is 1. The first kappa shape index (κ1) is 12.6. The second kappa shape index (κ2) is 4.56. The van der Waals surface area contributed by atoms with E-state index in [1.165, 1.54) is 0 Å². The predicted molar refractivity (Wildman–Crippen MR) is 67.3 cm³/mol. The third kappa shape index (κ3) is 3.26. The summed E-state index contributed by atoms with van der Waals surface area (Å²) in [6.45, 7) is 7.02. The summed E-state index contributed by atoms with van der Waals surface area (Å²) in [6.07, 6.45) is 0. The third-order valence-electron chi connectivity index (χ3n) is 2.25. The van der Waals surface area contributed by atoms with Crippen molar-refractivity contribution in [3.63, 3.8) is 0 Å². The molecule has 0 aliphatic carbocycles. The molecule has 3 nitrogen and oxygen atoms in total. The van der Waals surface area contributed by atoms with Gasteiger partial charge in [-0.05, 0) is 17.5 Å². The van der Waals surface area contributed by atoms with E-state index in [-0.39, 0.29) is 11.3 Å². The summed E-state index contributed by atoms with van der Waals surface area (Å²) in [5.74, 6) is -0.0203. The first-order valence-corrected chi connectivity index (χ1v) is 5.41. The molecule has 0 fully saturated rings. The Hall–Kier alpha value is -1.51. The highest BCUT2D eigenvalue weighted by Gasteiger charge is 2.19. The second-order valence-corrected chi connectivity index (χ2v) is 5.31. The zero-order valence-electron chi connectivity index (χ0n) is 10.4. The second-order valence-electron chi connectivity index (χ2n) is 5.31. The van der Waals surface area contributed by atoms with Crippen LogP contribution in [0.1, 0.15) is 31.1 Å². The number of hydrogen-bond acceptors (Lipinski definition) is 2. The summed E-state index contributed by atoms with van der Waals surface area (Å²) in [5.41, 5.74) is 6.98. The minimum absolute atomic E-state index is 0.0203. The third-order valence-corrected chi connectivity index (χ3v) is 2.25.